The van der Waals surface area contributed by atoms with Gasteiger partial charge in [0.05, 0.1) is 16.8 Å². The van der Waals surface area contributed by atoms with Gasteiger partial charge in [-0.15, -0.1) is 0 Å². The summed E-state index contributed by atoms with van der Waals surface area (Å²) in [6.45, 7) is 8.03. The zero-order chi connectivity index (χ0) is 27.1. The minimum absolute atomic E-state index is 0.0461. The number of aromatic carboxylic acids is 1. The number of hydrogen-bond acceptors (Lipinski definition) is 6. The van der Waals surface area contributed by atoms with E-state index in [1.54, 1.807) is 16.8 Å². The molecule has 1 aromatic heterocycles. The van der Waals surface area contributed by atoms with Crippen LogP contribution in [0.4, 0.5) is 4.79 Å². The molecule has 0 spiro atoms. The first kappa shape index (κ1) is 26.2. The van der Waals surface area contributed by atoms with Crippen molar-refractivity contribution in [2.45, 2.75) is 44.8 Å². The van der Waals surface area contributed by atoms with Crippen molar-refractivity contribution in [2.24, 2.45) is 0 Å². The molecule has 1 amide bonds. The molecule has 0 atom stereocenters. The molecule has 1 saturated heterocycles. The van der Waals surface area contributed by atoms with E-state index in [1.165, 1.54) is 11.3 Å². The Kier molecular flexibility index (Phi) is 6.94. The fraction of sp³-hybridized carbons (Fsp3) is 0.310. The number of amides is 1. The van der Waals surface area contributed by atoms with Crippen LogP contribution in [0, 0.1) is 0 Å². The number of carboxylic acids is 1. The first-order valence-electron chi connectivity index (χ1n) is 12.5. The molecule has 38 heavy (non-hydrogen) atoms. The molecular weight excluding hydrogens is 501 g/mol. The molecule has 1 aliphatic heterocycles. The third-order valence-electron chi connectivity index (χ3n) is 7.60. The summed E-state index contributed by atoms with van der Waals surface area (Å²) in [4.78, 5) is 24.5. The van der Waals surface area contributed by atoms with Crippen LogP contribution in [0.5, 0.6) is 0 Å². The van der Waals surface area contributed by atoms with Gasteiger partial charge in [-0.2, -0.15) is 11.3 Å². The van der Waals surface area contributed by atoms with Crippen LogP contribution in [0.3, 0.4) is 0 Å². The molecule has 0 saturated carbocycles. The van der Waals surface area contributed by atoms with Crippen molar-refractivity contribution in [2.75, 3.05) is 13.2 Å². The van der Waals surface area contributed by atoms with Crippen molar-refractivity contribution in [1.82, 2.24) is 5.32 Å². The first-order valence-corrected chi connectivity index (χ1v) is 13.5. The number of carboxylic acid groups (broad SMARTS) is 1. The minimum atomic E-state index is -1.02. The quantitative estimate of drug-likeness (QED) is 0.364. The van der Waals surface area contributed by atoms with Crippen LogP contribution in [0.1, 0.15) is 60.7 Å². The van der Waals surface area contributed by atoms with Crippen molar-refractivity contribution in [3.8, 4) is 11.1 Å². The van der Waals surface area contributed by atoms with E-state index in [0.717, 1.165) is 22.3 Å². The second kappa shape index (κ2) is 10.1. The summed E-state index contributed by atoms with van der Waals surface area (Å²) in [5.74, 6) is -1.06. The van der Waals surface area contributed by atoms with E-state index < -0.39 is 30.4 Å². The Labute approximate surface area is 226 Å². The van der Waals surface area contributed by atoms with Crippen molar-refractivity contribution >= 4 is 36.6 Å². The van der Waals surface area contributed by atoms with Crippen LogP contribution in [-0.4, -0.2) is 48.6 Å². The van der Waals surface area contributed by atoms with Gasteiger partial charge in [0.2, 0.25) is 0 Å². The second-order valence-corrected chi connectivity index (χ2v) is 11.3. The number of thiophene rings is 1. The third kappa shape index (κ3) is 4.89. The van der Waals surface area contributed by atoms with Gasteiger partial charge in [-0.05, 0) is 66.4 Å². The van der Waals surface area contributed by atoms with Crippen molar-refractivity contribution in [1.29, 1.82) is 0 Å². The monoisotopic (exact) mass is 531 g/mol. The van der Waals surface area contributed by atoms with Gasteiger partial charge in [0, 0.05) is 17.8 Å². The lowest BCUT2D eigenvalue weighted by Crippen LogP contribution is -2.41. The smallest absolute Gasteiger partial charge is 0.478 e. The Morgan fingerprint density at radius 3 is 2.16 bits per heavy atom. The number of rotatable bonds is 7. The van der Waals surface area contributed by atoms with Gasteiger partial charge in [-0.3, -0.25) is 0 Å². The number of benzene rings is 2. The zero-order valence-corrected chi connectivity index (χ0v) is 22.6. The molecule has 2 aliphatic rings. The fourth-order valence-corrected chi connectivity index (χ4v) is 5.60. The normalized spacial score (nSPS) is 17.7. The highest BCUT2D eigenvalue weighted by Gasteiger charge is 2.52. The van der Waals surface area contributed by atoms with Crippen molar-refractivity contribution in [3.05, 3.63) is 87.0 Å². The maximum atomic E-state index is 12.8. The van der Waals surface area contributed by atoms with Crippen molar-refractivity contribution in [3.63, 3.8) is 0 Å². The van der Waals surface area contributed by atoms with E-state index in [1.807, 2.05) is 52.0 Å². The standard InChI is InChI=1S/C29H30BNO6S/c1-28(2)29(3,4)37-30(36-28)19(13-18-16-38-17-25(18)26(32)33)14-31-27(34)35-15-24-22-11-7-5-9-20(22)21-10-6-8-12-23(21)24/h5-13,16-17,24H,14-15H2,1-4H3,(H,31,34)(H,32,33). The second-order valence-electron chi connectivity index (χ2n) is 10.5. The number of ether oxygens (including phenoxy) is 1. The molecule has 2 N–H and O–H groups in total. The number of hydrogen-bond donors (Lipinski definition) is 2. The average Bonchev–Trinajstić information content (AvgIpc) is 3.53. The van der Waals surface area contributed by atoms with Gasteiger partial charge >= 0.3 is 19.2 Å². The molecule has 5 rings (SSSR count). The van der Waals surface area contributed by atoms with Gasteiger partial charge < -0.3 is 24.5 Å². The molecule has 0 bridgehead atoms. The summed E-state index contributed by atoms with van der Waals surface area (Å²) >= 11 is 1.30. The molecule has 9 heteroatoms. The van der Waals surface area contributed by atoms with Crippen LogP contribution in [0.15, 0.2) is 64.8 Å². The molecule has 1 fully saturated rings. The summed E-state index contributed by atoms with van der Waals surface area (Å²) in [6.07, 6.45) is 1.14. The first-order chi connectivity index (χ1) is 18.1. The van der Waals surface area contributed by atoms with E-state index in [4.69, 9.17) is 14.0 Å². The summed E-state index contributed by atoms with van der Waals surface area (Å²) in [5, 5.41) is 15.7. The van der Waals surface area contributed by atoms with Gasteiger partial charge in [-0.1, -0.05) is 54.6 Å². The predicted octanol–water partition coefficient (Wildman–Crippen LogP) is 6.00. The lowest BCUT2D eigenvalue weighted by Gasteiger charge is -2.32. The van der Waals surface area contributed by atoms with E-state index in [2.05, 4.69) is 29.6 Å². The summed E-state index contributed by atoms with van der Waals surface area (Å²) in [6, 6.07) is 16.3. The Morgan fingerprint density at radius 2 is 1.58 bits per heavy atom. The van der Waals surface area contributed by atoms with E-state index in [0.29, 0.717) is 11.0 Å². The zero-order valence-electron chi connectivity index (χ0n) is 21.8. The molecule has 0 unspecified atom stereocenters. The lowest BCUT2D eigenvalue weighted by molar-refractivity contribution is 0.00578. The molecule has 0 radical (unpaired) electrons. The summed E-state index contributed by atoms with van der Waals surface area (Å²) in [5.41, 5.74) is 4.72. The number of fused-ring (bicyclic) bond motifs is 3. The van der Waals surface area contributed by atoms with Crippen LogP contribution < -0.4 is 5.32 Å². The number of nitrogens with one attached hydrogen (secondary N) is 1. The number of carbonyl (C=O) groups is 2. The van der Waals surface area contributed by atoms with Crippen LogP contribution >= 0.6 is 11.3 Å². The molecule has 3 aromatic rings. The number of carbonyl (C=O) groups excluding carboxylic acids is 1. The molecule has 2 aromatic carbocycles. The molecule has 196 valence electrons. The van der Waals surface area contributed by atoms with Gasteiger partial charge in [0.1, 0.15) is 6.61 Å². The summed E-state index contributed by atoms with van der Waals surface area (Å²) in [7, 11) is -0.754. The molecular formula is C29H30BNO6S. The molecule has 1 aliphatic carbocycles. The van der Waals surface area contributed by atoms with Crippen LogP contribution in [0.2, 0.25) is 0 Å². The van der Waals surface area contributed by atoms with E-state index >= 15 is 0 Å². The maximum absolute atomic E-state index is 12.8. The SMILES string of the molecule is CC1(C)OB(C(=Cc2cscc2C(=O)O)CNC(=O)OCC2c3ccccc3-c3ccccc32)OC1(C)C. The topological polar surface area (TPSA) is 94.1 Å². The fourth-order valence-electron chi connectivity index (χ4n) is 4.81. The molecule has 7 nitrogen and oxygen atoms in total. The molecule has 2 heterocycles. The van der Waals surface area contributed by atoms with Gasteiger partial charge in [-0.25, -0.2) is 9.59 Å². The Bertz CT molecular complexity index is 1350. The van der Waals surface area contributed by atoms with E-state index in [-0.39, 0.29) is 24.6 Å². The van der Waals surface area contributed by atoms with Crippen molar-refractivity contribution < 1.29 is 28.7 Å². The Balaban J connectivity index is 1.31. The minimum Gasteiger partial charge on any atom is -0.478 e. The predicted molar refractivity (Wildman–Crippen MR) is 148 cm³/mol. The highest BCUT2D eigenvalue weighted by atomic mass is 32.1. The largest absolute Gasteiger partial charge is 0.492 e. The Morgan fingerprint density at radius 1 is 1.00 bits per heavy atom. The van der Waals surface area contributed by atoms with Crippen LogP contribution in [-0.2, 0) is 14.0 Å². The highest BCUT2D eigenvalue weighted by molar-refractivity contribution is 7.08. The average molecular weight is 531 g/mol. The van der Waals surface area contributed by atoms with Gasteiger partial charge in [0.15, 0.2) is 0 Å². The highest BCUT2D eigenvalue weighted by Crippen LogP contribution is 2.44. The summed E-state index contributed by atoms with van der Waals surface area (Å²) < 4.78 is 18.1. The Hall–Kier alpha value is -3.40. The van der Waals surface area contributed by atoms with E-state index in [9.17, 15) is 14.7 Å². The maximum Gasteiger partial charge on any atom is 0.492 e. The van der Waals surface area contributed by atoms with Crippen LogP contribution in [0.25, 0.3) is 17.2 Å². The lowest BCUT2D eigenvalue weighted by atomic mass is 9.77. The number of alkyl carbamates (subject to hydrolysis) is 1. The van der Waals surface area contributed by atoms with Gasteiger partial charge in [0.25, 0.3) is 0 Å². The third-order valence-corrected chi connectivity index (χ3v) is 8.36.